The lowest BCUT2D eigenvalue weighted by molar-refractivity contribution is -0.132. The number of benzene rings is 1. The van der Waals surface area contributed by atoms with E-state index in [0.717, 1.165) is 63.0 Å². The van der Waals surface area contributed by atoms with Gasteiger partial charge in [-0.1, -0.05) is 25.0 Å². The molecule has 1 amide bonds. The minimum atomic E-state index is 0.288. The zero-order chi connectivity index (χ0) is 19.8. The Morgan fingerprint density at radius 1 is 0.964 bits per heavy atom. The Labute approximate surface area is 173 Å². The maximum Gasteiger partial charge on any atom is 0.236 e. The van der Waals surface area contributed by atoms with Crippen molar-refractivity contribution in [3.05, 3.63) is 29.8 Å². The van der Waals surface area contributed by atoms with Crippen LogP contribution in [0.15, 0.2) is 24.3 Å². The van der Waals surface area contributed by atoms with Gasteiger partial charge in [-0.05, 0) is 42.8 Å². The molecule has 0 radical (unpaired) electrons. The van der Waals surface area contributed by atoms with Gasteiger partial charge in [-0.3, -0.25) is 9.69 Å². The second kappa shape index (κ2) is 10.6. The van der Waals surface area contributed by atoms with Crippen LogP contribution in [0.25, 0.3) is 0 Å². The molecule has 0 atom stereocenters. The number of ether oxygens (including phenoxy) is 1. The van der Waals surface area contributed by atoms with Gasteiger partial charge in [-0.2, -0.15) is 0 Å². The molecule has 2 aliphatic rings. The van der Waals surface area contributed by atoms with Crippen LogP contribution in [0.1, 0.15) is 31.2 Å². The molecule has 2 heterocycles. The zero-order valence-corrected chi connectivity index (χ0v) is 17.7. The standard InChI is InChI=1S/C21H32N4O2S/c1-27-19-8-6-18(7-9-19)16-22-21(28)25-14-12-23(13-15-25)17-20(26)24-10-4-2-3-5-11-24/h6-9H,2-5,10-17H2,1H3,(H,22,28). The summed E-state index contributed by atoms with van der Waals surface area (Å²) in [5, 5.41) is 4.13. The van der Waals surface area contributed by atoms with Crippen LogP contribution >= 0.6 is 12.2 Å². The van der Waals surface area contributed by atoms with Gasteiger partial charge in [-0.25, -0.2) is 0 Å². The van der Waals surface area contributed by atoms with Crippen molar-refractivity contribution in [3.63, 3.8) is 0 Å². The zero-order valence-electron chi connectivity index (χ0n) is 16.9. The number of amides is 1. The van der Waals surface area contributed by atoms with Gasteiger partial charge in [0.2, 0.25) is 5.91 Å². The van der Waals surface area contributed by atoms with Gasteiger partial charge in [0.05, 0.1) is 13.7 Å². The first-order valence-corrected chi connectivity index (χ1v) is 10.7. The molecule has 28 heavy (non-hydrogen) atoms. The highest BCUT2D eigenvalue weighted by atomic mass is 32.1. The van der Waals surface area contributed by atoms with Gasteiger partial charge >= 0.3 is 0 Å². The lowest BCUT2D eigenvalue weighted by Crippen LogP contribution is -2.53. The number of hydrogen-bond acceptors (Lipinski definition) is 4. The number of carbonyl (C=O) groups excluding carboxylic acids is 1. The summed E-state index contributed by atoms with van der Waals surface area (Å²) in [4.78, 5) is 19.1. The summed E-state index contributed by atoms with van der Waals surface area (Å²) in [6, 6.07) is 8.00. The van der Waals surface area contributed by atoms with Crippen molar-refractivity contribution in [1.29, 1.82) is 0 Å². The van der Waals surface area contributed by atoms with E-state index in [1.807, 2.05) is 24.3 Å². The molecular weight excluding hydrogens is 372 g/mol. The van der Waals surface area contributed by atoms with E-state index in [1.165, 1.54) is 18.4 Å². The number of hydrogen-bond donors (Lipinski definition) is 1. The number of methoxy groups -OCH3 is 1. The van der Waals surface area contributed by atoms with Gasteiger partial charge in [0.25, 0.3) is 0 Å². The molecule has 3 rings (SSSR count). The quantitative estimate of drug-likeness (QED) is 0.759. The smallest absolute Gasteiger partial charge is 0.236 e. The maximum atomic E-state index is 12.6. The molecule has 2 aliphatic heterocycles. The third kappa shape index (κ3) is 6.07. The Morgan fingerprint density at radius 3 is 2.21 bits per heavy atom. The summed E-state index contributed by atoms with van der Waals surface area (Å²) in [5.74, 6) is 1.15. The Morgan fingerprint density at radius 2 is 1.61 bits per heavy atom. The van der Waals surface area contributed by atoms with Gasteiger partial charge < -0.3 is 19.9 Å². The van der Waals surface area contributed by atoms with E-state index < -0.39 is 0 Å². The van der Waals surface area contributed by atoms with E-state index in [1.54, 1.807) is 7.11 Å². The summed E-state index contributed by atoms with van der Waals surface area (Å²) < 4.78 is 5.19. The molecule has 7 heteroatoms. The van der Waals surface area contributed by atoms with E-state index in [4.69, 9.17) is 17.0 Å². The van der Waals surface area contributed by atoms with Crippen molar-refractivity contribution in [1.82, 2.24) is 20.0 Å². The van der Waals surface area contributed by atoms with Crippen LogP contribution in [0.3, 0.4) is 0 Å². The fourth-order valence-electron chi connectivity index (χ4n) is 3.75. The minimum absolute atomic E-state index is 0.288. The molecule has 0 saturated carbocycles. The Bertz CT molecular complexity index is 636. The Kier molecular flexibility index (Phi) is 7.91. The second-order valence-electron chi connectivity index (χ2n) is 7.56. The molecule has 1 N–H and O–H groups in total. The number of carbonyl (C=O) groups is 1. The summed E-state index contributed by atoms with van der Waals surface area (Å²) in [6.45, 7) is 6.59. The Hall–Kier alpha value is -1.86. The van der Waals surface area contributed by atoms with Crippen LogP contribution in [0.2, 0.25) is 0 Å². The molecule has 0 spiro atoms. The van der Waals surface area contributed by atoms with Crippen LogP contribution in [-0.4, -0.2) is 78.6 Å². The number of nitrogens with zero attached hydrogens (tertiary/aromatic N) is 3. The third-order valence-corrected chi connectivity index (χ3v) is 5.98. The van der Waals surface area contributed by atoms with Crippen molar-refractivity contribution in [3.8, 4) is 5.75 Å². The number of nitrogens with one attached hydrogen (secondary N) is 1. The molecule has 1 aromatic rings. The predicted octanol–water partition coefficient (Wildman–Crippen LogP) is 2.09. The third-order valence-electron chi connectivity index (χ3n) is 5.58. The summed E-state index contributed by atoms with van der Waals surface area (Å²) in [5.41, 5.74) is 1.17. The fraction of sp³-hybridized carbons (Fsp3) is 0.619. The van der Waals surface area contributed by atoms with Crippen LogP contribution in [0.5, 0.6) is 5.75 Å². The molecule has 154 valence electrons. The van der Waals surface area contributed by atoms with E-state index in [2.05, 4.69) is 20.0 Å². The van der Waals surface area contributed by atoms with Crippen molar-refractivity contribution in [2.45, 2.75) is 32.2 Å². The number of thiocarbonyl (C=S) groups is 1. The number of likely N-dealkylation sites (tertiary alicyclic amines) is 1. The first-order chi connectivity index (χ1) is 13.7. The first kappa shape index (κ1) is 20.9. The van der Waals surface area contributed by atoms with Gasteiger partial charge in [0, 0.05) is 45.8 Å². The number of rotatable bonds is 5. The first-order valence-electron chi connectivity index (χ1n) is 10.3. The number of piperazine rings is 1. The van der Waals surface area contributed by atoms with E-state index in [9.17, 15) is 4.79 Å². The van der Waals surface area contributed by atoms with Gasteiger partial charge in [-0.15, -0.1) is 0 Å². The fourth-order valence-corrected chi connectivity index (χ4v) is 4.01. The average molecular weight is 405 g/mol. The van der Waals surface area contributed by atoms with Gasteiger partial charge in [0.1, 0.15) is 5.75 Å². The molecule has 0 bridgehead atoms. The van der Waals surface area contributed by atoms with Crippen LogP contribution in [0.4, 0.5) is 0 Å². The molecule has 0 unspecified atom stereocenters. The summed E-state index contributed by atoms with van der Waals surface area (Å²) >= 11 is 5.56. The van der Waals surface area contributed by atoms with Crippen molar-refractivity contribution < 1.29 is 9.53 Å². The molecule has 2 saturated heterocycles. The van der Waals surface area contributed by atoms with Crippen molar-refractivity contribution >= 4 is 23.2 Å². The van der Waals surface area contributed by atoms with Crippen LogP contribution in [0, 0.1) is 0 Å². The lowest BCUT2D eigenvalue weighted by atomic mass is 10.2. The maximum absolute atomic E-state index is 12.6. The highest BCUT2D eigenvalue weighted by molar-refractivity contribution is 7.80. The summed E-state index contributed by atoms with van der Waals surface area (Å²) in [7, 11) is 1.67. The average Bonchev–Trinajstić information content (AvgIpc) is 3.02. The Balaban J connectivity index is 1.37. The SMILES string of the molecule is COc1ccc(CNC(=S)N2CCN(CC(=O)N3CCCCCC3)CC2)cc1. The molecule has 1 aromatic carbocycles. The molecule has 0 aromatic heterocycles. The second-order valence-corrected chi connectivity index (χ2v) is 7.95. The predicted molar refractivity (Wildman–Crippen MR) is 115 cm³/mol. The molecule has 6 nitrogen and oxygen atoms in total. The molecular formula is C21H32N4O2S. The molecule has 2 fully saturated rings. The van der Waals surface area contributed by atoms with E-state index in [-0.39, 0.29) is 5.91 Å². The van der Waals surface area contributed by atoms with Crippen molar-refractivity contribution in [2.75, 3.05) is 52.9 Å². The molecule has 0 aliphatic carbocycles. The monoisotopic (exact) mass is 404 g/mol. The normalized spacial score (nSPS) is 18.5. The van der Waals surface area contributed by atoms with E-state index in [0.29, 0.717) is 13.1 Å². The largest absolute Gasteiger partial charge is 0.497 e. The minimum Gasteiger partial charge on any atom is -0.497 e. The topological polar surface area (TPSA) is 48.1 Å². The van der Waals surface area contributed by atoms with E-state index >= 15 is 0 Å². The highest BCUT2D eigenvalue weighted by Gasteiger charge is 2.23. The van der Waals surface area contributed by atoms with Crippen LogP contribution < -0.4 is 10.1 Å². The van der Waals surface area contributed by atoms with Crippen LogP contribution in [-0.2, 0) is 11.3 Å². The highest BCUT2D eigenvalue weighted by Crippen LogP contribution is 2.12. The summed E-state index contributed by atoms with van der Waals surface area (Å²) in [6.07, 6.45) is 4.80. The van der Waals surface area contributed by atoms with Crippen molar-refractivity contribution in [2.24, 2.45) is 0 Å². The lowest BCUT2D eigenvalue weighted by Gasteiger charge is -2.36. The van der Waals surface area contributed by atoms with Gasteiger partial charge in [0.15, 0.2) is 5.11 Å².